The fraction of sp³-hybridized carbons (Fsp3) is 0.133. The van der Waals surface area contributed by atoms with Crippen LogP contribution in [0.25, 0.3) is 11.1 Å². The van der Waals surface area contributed by atoms with E-state index < -0.39 is 0 Å². The van der Waals surface area contributed by atoms with Crippen LogP contribution in [0.1, 0.15) is 18.1 Å². The van der Waals surface area contributed by atoms with Gasteiger partial charge in [0.05, 0.1) is 5.69 Å². The Kier molecular flexibility index (Phi) is 2.33. The summed E-state index contributed by atoms with van der Waals surface area (Å²) < 4.78 is 5.11. The molecule has 0 aromatic heterocycles. The lowest BCUT2D eigenvalue weighted by Gasteiger charge is -2.09. The molecule has 1 aliphatic rings. The second-order valence-corrected chi connectivity index (χ2v) is 4.43. The summed E-state index contributed by atoms with van der Waals surface area (Å²) in [6, 6.07) is 12.0. The van der Waals surface area contributed by atoms with Crippen LogP contribution in [0.15, 0.2) is 36.4 Å². The van der Waals surface area contributed by atoms with E-state index in [9.17, 15) is 4.79 Å². The molecule has 0 bridgehead atoms. The van der Waals surface area contributed by atoms with E-state index in [4.69, 9.17) is 10.5 Å². The van der Waals surface area contributed by atoms with Gasteiger partial charge in [-0.05, 0) is 28.3 Å². The average Bonchev–Trinajstić information content (AvgIpc) is 2.72. The van der Waals surface area contributed by atoms with Crippen molar-refractivity contribution in [2.45, 2.75) is 13.3 Å². The first-order valence-electron chi connectivity index (χ1n) is 5.85. The molecule has 0 atom stereocenters. The van der Waals surface area contributed by atoms with Gasteiger partial charge in [-0.1, -0.05) is 30.3 Å². The van der Waals surface area contributed by atoms with Gasteiger partial charge in [-0.25, -0.2) is 0 Å². The van der Waals surface area contributed by atoms with Crippen molar-refractivity contribution in [3.05, 3.63) is 47.5 Å². The molecule has 0 fully saturated rings. The smallest absolute Gasteiger partial charge is 0.308 e. The molecule has 0 unspecified atom stereocenters. The molecule has 2 aromatic rings. The summed E-state index contributed by atoms with van der Waals surface area (Å²) in [4.78, 5) is 11.0. The van der Waals surface area contributed by atoms with E-state index in [-0.39, 0.29) is 5.97 Å². The molecule has 1 aliphatic carbocycles. The monoisotopic (exact) mass is 239 g/mol. The number of benzene rings is 2. The number of carbonyl (C=O) groups excluding carboxylic acids is 1. The van der Waals surface area contributed by atoms with Crippen LogP contribution in [0.3, 0.4) is 0 Å². The summed E-state index contributed by atoms with van der Waals surface area (Å²) in [5.41, 5.74) is 11.3. The molecule has 0 saturated heterocycles. The van der Waals surface area contributed by atoms with Gasteiger partial charge in [-0.15, -0.1) is 0 Å². The molecule has 0 amide bonds. The number of nitrogen functional groups attached to an aromatic ring is 1. The molecule has 90 valence electrons. The summed E-state index contributed by atoms with van der Waals surface area (Å²) in [6.45, 7) is 1.38. The normalized spacial score (nSPS) is 11.8. The zero-order valence-electron chi connectivity index (χ0n) is 10.1. The molecule has 3 nitrogen and oxygen atoms in total. The van der Waals surface area contributed by atoms with Crippen LogP contribution in [0.4, 0.5) is 5.69 Å². The predicted octanol–water partition coefficient (Wildman–Crippen LogP) is 2.77. The van der Waals surface area contributed by atoms with Gasteiger partial charge >= 0.3 is 5.97 Å². The number of hydrogen-bond acceptors (Lipinski definition) is 3. The lowest BCUT2D eigenvalue weighted by Crippen LogP contribution is -2.05. The number of hydrogen-bond donors (Lipinski definition) is 1. The Morgan fingerprint density at radius 1 is 1.17 bits per heavy atom. The Morgan fingerprint density at radius 3 is 2.72 bits per heavy atom. The highest BCUT2D eigenvalue weighted by Gasteiger charge is 2.22. The Labute approximate surface area is 105 Å². The largest absolute Gasteiger partial charge is 0.425 e. The topological polar surface area (TPSA) is 52.3 Å². The van der Waals surface area contributed by atoms with Crippen molar-refractivity contribution >= 4 is 11.7 Å². The maximum Gasteiger partial charge on any atom is 0.308 e. The van der Waals surface area contributed by atoms with Crippen LogP contribution in [-0.4, -0.2) is 5.97 Å². The van der Waals surface area contributed by atoms with Gasteiger partial charge < -0.3 is 10.5 Å². The van der Waals surface area contributed by atoms with Crippen molar-refractivity contribution in [2.24, 2.45) is 0 Å². The molecule has 3 rings (SSSR count). The van der Waals surface area contributed by atoms with Crippen LogP contribution in [0, 0.1) is 0 Å². The van der Waals surface area contributed by atoms with Crippen molar-refractivity contribution in [3.63, 3.8) is 0 Å². The molecule has 0 saturated carbocycles. The number of anilines is 1. The zero-order valence-corrected chi connectivity index (χ0v) is 10.1. The average molecular weight is 239 g/mol. The molecule has 0 radical (unpaired) electrons. The minimum atomic E-state index is -0.350. The standard InChI is InChI=1S/C15H13NO2/c1-9(17)18-14-7-6-12-11-5-3-2-4-10(11)8-13(12)15(14)16/h2-7H,8,16H2,1H3. The van der Waals surface area contributed by atoms with Gasteiger partial charge in [-0.2, -0.15) is 0 Å². The van der Waals surface area contributed by atoms with Crippen molar-refractivity contribution in [3.8, 4) is 16.9 Å². The summed E-state index contributed by atoms with van der Waals surface area (Å²) in [6.07, 6.45) is 0.798. The molecule has 18 heavy (non-hydrogen) atoms. The number of ether oxygens (including phenoxy) is 1. The number of rotatable bonds is 1. The summed E-state index contributed by atoms with van der Waals surface area (Å²) in [5, 5.41) is 0. The number of esters is 1. The fourth-order valence-corrected chi connectivity index (χ4v) is 2.46. The third-order valence-corrected chi connectivity index (χ3v) is 3.25. The highest BCUT2D eigenvalue weighted by Crippen LogP contribution is 2.42. The lowest BCUT2D eigenvalue weighted by molar-refractivity contribution is -0.131. The van der Waals surface area contributed by atoms with E-state index in [1.165, 1.54) is 18.1 Å². The van der Waals surface area contributed by atoms with E-state index >= 15 is 0 Å². The summed E-state index contributed by atoms with van der Waals surface area (Å²) in [5.74, 6) is 0.103. The zero-order chi connectivity index (χ0) is 12.7. The van der Waals surface area contributed by atoms with Crippen LogP contribution in [0.5, 0.6) is 5.75 Å². The SMILES string of the molecule is CC(=O)Oc1ccc2c(c1N)Cc1ccccc1-2. The molecule has 0 heterocycles. The van der Waals surface area contributed by atoms with Crippen molar-refractivity contribution in [1.82, 2.24) is 0 Å². The van der Waals surface area contributed by atoms with Crippen LogP contribution < -0.4 is 10.5 Å². The first-order chi connectivity index (χ1) is 8.66. The maximum absolute atomic E-state index is 11.0. The predicted molar refractivity (Wildman–Crippen MR) is 70.4 cm³/mol. The maximum atomic E-state index is 11.0. The molecular formula is C15H13NO2. The Morgan fingerprint density at radius 2 is 1.94 bits per heavy atom. The molecule has 0 spiro atoms. The number of fused-ring (bicyclic) bond motifs is 3. The van der Waals surface area contributed by atoms with Gasteiger partial charge in [0.2, 0.25) is 0 Å². The third kappa shape index (κ3) is 1.56. The van der Waals surface area contributed by atoms with Gasteiger partial charge in [0.15, 0.2) is 5.75 Å². The van der Waals surface area contributed by atoms with E-state index in [1.807, 2.05) is 18.2 Å². The fourth-order valence-electron chi connectivity index (χ4n) is 2.46. The second kappa shape index (κ2) is 3.88. The van der Waals surface area contributed by atoms with Crippen LogP contribution in [-0.2, 0) is 11.2 Å². The second-order valence-electron chi connectivity index (χ2n) is 4.43. The highest BCUT2D eigenvalue weighted by molar-refractivity contribution is 5.85. The van der Waals surface area contributed by atoms with Crippen LogP contribution >= 0.6 is 0 Å². The minimum absolute atomic E-state index is 0.350. The highest BCUT2D eigenvalue weighted by atomic mass is 16.5. The molecule has 0 aliphatic heterocycles. The summed E-state index contributed by atoms with van der Waals surface area (Å²) >= 11 is 0. The van der Waals surface area contributed by atoms with E-state index in [2.05, 4.69) is 12.1 Å². The van der Waals surface area contributed by atoms with Crippen molar-refractivity contribution < 1.29 is 9.53 Å². The van der Waals surface area contributed by atoms with Gasteiger partial charge in [0.1, 0.15) is 0 Å². The number of carbonyl (C=O) groups is 1. The molecular weight excluding hydrogens is 226 g/mol. The first-order valence-corrected chi connectivity index (χ1v) is 5.85. The molecule has 3 heteroatoms. The van der Waals surface area contributed by atoms with E-state index in [0.717, 1.165) is 17.5 Å². The Hall–Kier alpha value is -2.29. The van der Waals surface area contributed by atoms with Gasteiger partial charge in [0.25, 0.3) is 0 Å². The van der Waals surface area contributed by atoms with Gasteiger partial charge in [-0.3, -0.25) is 4.79 Å². The Bertz CT molecular complexity index is 647. The molecule has 2 aromatic carbocycles. The van der Waals surface area contributed by atoms with E-state index in [1.54, 1.807) is 6.07 Å². The summed E-state index contributed by atoms with van der Waals surface area (Å²) in [7, 11) is 0. The quantitative estimate of drug-likeness (QED) is 0.403. The van der Waals surface area contributed by atoms with Crippen molar-refractivity contribution in [2.75, 3.05) is 5.73 Å². The third-order valence-electron chi connectivity index (χ3n) is 3.25. The van der Waals surface area contributed by atoms with Crippen LogP contribution in [0.2, 0.25) is 0 Å². The minimum Gasteiger partial charge on any atom is -0.425 e. The molecule has 2 N–H and O–H groups in total. The lowest BCUT2D eigenvalue weighted by atomic mass is 10.0. The Balaban J connectivity index is 2.12. The number of nitrogens with two attached hydrogens (primary N) is 1. The van der Waals surface area contributed by atoms with Gasteiger partial charge in [0, 0.05) is 13.3 Å². The van der Waals surface area contributed by atoms with Crippen molar-refractivity contribution in [1.29, 1.82) is 0 Å². The van der Waals surface area contributed by atoms with E-state index in [0.29, 0.717) is 11.4 Å². The first kappa shape index (κ1) is 10.8.